The lowest BCUT2D eigenvalue weighted by Gasteiger charge is -2.22. The maximum Gasteiger partial charge on any atom is 0.229 e. The molecule has 3 rings (SSSR count). The average molecular weight is 364 g/mol. The highest BCUT2D eigenvalue weighted by molar-refractivity contribution is 6.04. The Hall–Kier alpha value is -2.62. The van der Waals surface area contributed by atoms with Crippen molar-refractivity contribution in [3.8, 4) is 0 Å². The predicted molar refractivity (Wildman–Crippen MR) is 110 cm³/mol. The molecule has 0 radical (unpaired) electrons. The zero-order valence-corrected chi connectivity index (χ0v) is 16.5. The summed E-state index contributed by atoms with van der Waals surface area (Å²) in [6.07, 6.45) is 0.252. The highest BCUT2D eigenvalue weighted by atomic mass is 16.2. The largest absolute Gasteiger partial charge is 0.326 e. The molecular formula is C23H28N2O2. The quantitative estimate of drug-likeness (QED) is 0.818. The molecule has 2 aromatic rings. The number of rotatable bonds is 5. The van der Waals surface area contributed by atoms with Crippen LogP contribution in [0.2, 0.25) is 0 Å². The molecule has 1 aliphatic heterocycles. The number of amides is 2. The number of carbonyl (C=O) groups excluding carboxylic acids is 2. The van der Waals surface area contributed by atoms with Gasteiger partial charge in [-0.05, 0) is 35.1 Å². The lowest BCUT2D eigenvalue weighted by molar-refractivity contribution is -0.122. The molecule has 142 valence electrons. The van der Waals surface area contributed by atoms with Crippen LogP contribution in [0.3, 0.4) is 0 Å². The molecule has 1 aliphatic rings. The first-order valence-corrected chi connectivity index (χ1v) is 9.67. The molecule has 0 aromatic heterocycles. The van der Waals surface area contributed by atoms with Crippen molar-refractivity contribution in [2.45, 2.75) is 46.0 Å². The van der Waals surface area contributed by atoms with Gasteiger partial charge in [0.25, 0.3) is 0 Å². The van der Waals surface area contributed by atoms with Crippen molar-refractivity contribution in [2.75, 3.05) is 16.8 Å². The van der Waals surface area contributed by atoms with E-state index in [1.807, 2.05) is 42.5 Å². The molecule has 0 bridgehead atoms. The molecule has 0 spiro atoms. The zero-order valence-electron chi connectivity index (χ0n) is 16.5. The Morgan fingerprint density at radius 2 is 1.56 bits per heavy atom. The number of para-hydroxylation sites is 2. The zero-order chi connectivity index (χ0) is 19.6. The van der Waals surface area contributed by atoms with E-state index in [9.17, 15) is 9.59 Å². The fraction of sp³-hybridized carbons (Fsp3) is 0.391. The van der Waals surface area contributed by atoms with E-state index in [0.29, 0.717) is 18.4 Å². The topological polar surface area (TPSA) is 49.4 Å². The first-order valence-electron chi connectivity index (χ1n) is 9.67. The average Bonchev–Trinajstić information content (AvgIpc) is 3.03. The molecule has 1 atom stereocenters. The number of carbonyl (C=O) groups is 2. The Labute approximate surface area is 161 Å². The molecule has 0 aliphatic carbocycles. The summed E-state index contributed by atoms with van der Waals surface area (Å²) in [5.74, 6) is 0.236. The first-order chi connectivity index (χ1) is 12.9. The molecule has 1 heterocycles. The fourth-order valence-corrected chi connectivity index (χ4v) is 3.69. The number of nitrogens with zero attached hydrogens (tertiary/aromatic N) is 1. The Bertz CT molecular complexity index is 842. The Morgan fingerprint density at radius 3 is 2.22 bits per heavy atom. The van der Waals surface area contributed by atoms with E-state index in [2.05, 4.69) is 39.1 Å². The van der Waals surface area contributed by atoms with Crippen molar-refractivity contribution in [1.29, 1.82) is 0 Å². The van der Waals surface area contributed by atoms with Crippen LogP contribution in [-0.2, 0) is 9.59 Å². The van der Waals surface area contributed by atoms with Gasteiger partial charge in [-0.15, -0.1) is 0 Å². The normalized spacial score (nSPS) is 17.0. The Morgan fingerprint density at radius 1 is 0.963 bits per heavy atom. The number of hydrogen-bond donors (Lipinski definition) is 1. The summed E-state index contributed by atoms with van der Waals surface area (Å²) in [6.45, 7) is 8.88. The molecule has 4 heteroatoms. The molecule has 1 N–H and O–H groups in total. The third-order valence-electron chi connectivity index (χ3n) is 5.19. The number of anilines is 2. The van der Waals surface area contributed by atoms with E-state index in [0.717, 1.165) is 22.5 Å². The lowest BCUT2D eigenvalue weighted by Crippen LogP contribution is -2.29. The first kappa shape index (κ1) is 19.2. The summed E-state index contributed by atoms with van der Waals surface area (Å²) in [6, 6.07) is 15.8. The van der Waals surface area contributed by atoms with Gasteiger partial charge in [-0.2, -0.15) is 0 Å². The van der Waals surface area contributed by atoms with E-state index in [1.165, 1.54) is 0 Å². The molecule has 0 saturated carbocycles. The Balaban J connectivity index is 1.77. The fourth-order valence-electron chi connectivity index (χ4n) is 3.69. The minimum atomic E-state index is -0.335. The van der Waals surface area contributed by atoms with Crippen molar-refractivity contribution < 1.29 is 9.59 Å². The summed E-state index contributed by atoms with van der Waals surface area (Å²) in [4.78, 5) is 27.3. The van der Waals surface area contributed by atoms with Crippen LogP contribution in [0.1, 0.15) is 57.1 Å². The standard InChI is InChI=1S/C23H28N2O2/c1-15(2)18-9-5-7-11-20(18)24-23(27)17-13-22(26)25(14-17)21-12-8-6-10-19(21)16(3)4/h5-12,15-17H,13-14H2,1-4H3,(H,24,27). The van der Waals surface area contributed by atoms with Crippen LogP contribution in [0.15, 0.2) is 48.5 Å². The van der Waals surface area contributed by atoms with E-state index < -0.39 is 0 Å². The van der Waals surface area contributed by atoms with Crippen LogP contribution >= 0.6 is 0 Å². The van der Waals surface area contributed by atoms with Crippen LogP contribution in [-0.4, -0.2) is 18.4 Å². The summed E-state index contributed by atoms with van der Waals surface area (Å²) in [7, 11) is 0. The maximum atomic E-state index is 12.8. The van der Waals surface area contributed by atoms with Crippen molar-refractivity contribution in [2.24, 2.45) is 5.92 Å². The maximum absolute atomic E-state index is 12.8. The van der Waals surface area contributed by atoms with Crippen LogP contribution < -0.4 is 10.2 Å². The second kappa shape index (κ2) is 7.95. The van der Waals surface area contributed by atoms with Crippen LogP contribution in [0.25, 0.3) is 0 Å². The SMILES string of the molecule is CC(C)c1ccccc1NC(=O)C1CC(=O)N(c2ccccc2C(C)C)C1. The molecular weight excluding hydrogens is 336 g/mol. The highest BCUT2D eigenvalue weighted by Gasteiger charge is 2.36. The molecule has 4 nitrogen and oxygen atoms in total. The van der Waals surface area contributed by atoms with Crippen molar-refractivity contribution in [3.63, 3.8) is 0 Å². The van der Waals surface area contributed by atoms with Gasteiger partial charge in [-0.3, -0.25) is 9.59 Å². The van der Waals surface area contributed by atoms with E-state index in [4.69, 9.17) is 0 Å². The summed E-state index contributed by atoms with van der Waals surface area (Å²) in [5, 5.41) is 3.05. The molecule has 2 aromatic carbocycles. The van der Waals surface area contributed by atoms with E-state index in [-0.39, 0.29) is 24.2 Å². The van der Waals surface area contributed by atoms with Crippen molar-refractivity contribution >= 4 is 23.2 Å². The van der Waals surface area contributed by atoms with Gasteiger partial charge in [-0.25, -0.2) is 0 Å². The number of benzene rings is 2. The molecule has 1 saturated heterocycles. The van der Waals surface area contributed by atoms with Gasteiger partial charge in [0.1, 0.15) is 0 Å². The second-order valence-electron chi connectivity index (χ2n) is 7.85. The highest BCUT2D eigenvalue weighted by Crippen LogP contribution is 2.33. The van der Waals surface area contributed by atoms with E-state index >= 15 is 0 Å². The summed E-state index contributed by atoms with van der Waals surface area (Å²) >= 11 is 0. The number of hydrogen-bond acceptors (Lipinski definition) is 2. The van der Waals surface area contributed by atoms with Crippen LogP contribution in [0.4, 0.5) is 11.4 Å². The monoisotopic (exact) mass is 364 g/mol. The summed E-state index contributed by atoms with van der Waals surface area (Å²) < 4.78 is 0. The van der Waals surface area contributed by atoms with E-state index in [1.54, 1.807) is 4.90 Å². The van der Waals surface area contributed by atoms with Gasteiger partial charge >= 0.3 is 0 Å². The molecule has 27 heavy (non-hydrogen) atoms. The summed E-state index contributed by atoms with van der Waals surface area (Å²) in [5.41, 5.74) is 4.01. The van der Waals surface area contributed by atoms with Crippen molar-refractivity contribution in [1.82, 2.24) is 0 Å². The minimum Gasteiger partial charge on any atom is -0.326 e. The molecule has 1 unspecified atom stereocenters. The molecule has 2 amide bonds. The number of nitrogens with one attached hydrogen (secondary N) is 1. The third-order valence-corrected chi connectivity index (χ3v) is 5.19. The smallest absolute Gasteiger partial charge is 0.229 e. The van der Waals surface area contributed by atoms with Gasteiger partial charge < -0.3 is 10.2 Å². The van der Waals surface area contributed by atoms with Crippen LogP contribution in [0, 0.1) is 5.92 Å². The molecule has 1 fully saturated rings. The van der Waals surface area contributed by atoms with Gasteiger partial charge in [0.15, 0.2) is 0 Å². The lowest BCUT2D eigenvalue weighted by atomic mass is 10.00. The predicted octanol–water partition coefficient (Wildman–Crippen LogP) is 4.93. The van der Waals surface area contributed by atoms with Crippen LogP contribution in [0.5, 0.6) is 0 Å². The van der Waals surface area contributed by atoms with Gasteiger partial charge in [-0.1, -0.05) is 64.1 Å². The minimum absolute atomic E-state index is 0.0143. The van der Waals surface area contributed by atoms with Gasteiger partial charge in [0, 0.05) is 24.3 Å². The third kappa shape index (κ3) is 4.05. The van der Waals surface area contributed by atoms with Gasteiger partial charge in [0.2, 0.25) is 11.8 Å². The van der Waals surface area contributed by atoms with Gasteiger partial charge in [0.05, 0.1) is 5.92 Å². The Kier molecular flexibility index (Phi) is 5.64. The van der Waals surface area contributed by atoms with Crippen molar-refractivity contribution in [3.05, 3.63) is 59.7 Å². The second-order valence-corrected chi connectivity index (χ2v) is 7.85.